The molecule has 0 aromatic carbocycles. The molecule has 108 valence electrons. The second kappa shape index (κ2) is 6.61. The van der Waals surface area contributed by atoms with Gasteiger partial charge in [-0.05, 0) is 26.2 Å². The molecule has 0 aromatic rings. The number of carbonyl (C=O) groups excluding carboxylic acids is 1. The molecule has 2 aliphatic heterocycles. The van der Waals surface area contributed by atoms with Crippen LogP contribution in [0.1, 0.15) is 33.1 Å². The number of amides is 1. The minimum atomic E-state index is -0.323. The number of nitrogens with zero attached hydrogens (tertiary/aromatic N) is 1. The third-order valence-corrected chi connectivity index (χ3v) is 4.72. The average molecular weight is 285 g/mol. The highest BCUT2D eigenvalue weighted by atomic mass is 32.2. The van der Waals surface area contributed by atoms with E-state index >= 15 is 0 Å². The van der Waals surface area contributed by atoms with Crippen molar-refractivity contribution >= 4 is 22.8 Å². The zero-order valence-corrected chi connectivity index (χ0v) is 12.5. The summed E-state index contributed by atoms with van der Waals surface area (Å²) in [5.41, 5.74) is 0.140. The molecule has 2 rings (SSSR count). The Morgan fingerprint density at radius 3 is 3.00 bits per heavy atom. The van der Waals surface area contributed by atoms with Gasteiger partial charge in [0.1, 0.15) is 6.04 Å². The molecule has 1 amide bonds. The summed E-state index contributed by atoms with van der Waals surface area (Å²) >= 11 is 1.72. The van der Waals surface area contributed by atoms with Crippen molar-refractivity contribution in [3.8, 4) is 0 Å². The molecular formula is C13H23N3O2S. The lowest BCUT2D eigenvalue weighted by Gasteiger charge is -2.32. The van der Waals surface area contributed by atoms with Gasteiger partial charge in [0.2, 0.25) is 5.91 Å². The van der Waals surface area contributed by atoms with Crippen molar-refractivity contribution < 1.29 is 9.53 Å². The molecule has 0 aliphatic carbocycles. The van der Waals surface area contributed by atoms with E-state index in [0.717, 1.165) is 49.9 Å². The molecule has 2 heterocycles. The van der Waals surface area contributed by atoms with E-state index in [1.165, 1.54) is 0 Å². The topological polar surface area (TPSA) is 62.7 Å². The summed E-state index contributed by atoms with van der Waals surface area (Å²) < 4.78 is 5.40. The Balaban J connectivity index is 1.88. The lowest BCUT2D eigenvalue weighted by Crippen LogP contribution is -2.48. The van der Waals surface area contributed by atoms with E-state index in [0.29, 0.717) is 0 Å². The van der Waals surface area contributed by atoms with Gasteiger partial charge in [0, 0.05) is 25.5 Å². The molecule has 0 saturated carbocycles. The minimum Gasteiger partial charge on any atom is -0.381 e. The minimum absolute atomic E-state index is 0.00433. The van der Waals surface area contributed by atoms with Gasteiger partial charge in [-0.25, -0.2) is 4.99 Å². The fraction of sp³-hybridized carbons (Fsp3) is 0.846. The fourth-order valence-electron chi connectivity index (χ4n) is 2.24. The number of carbonyl (C=O) groups is 1. The van der Waals surface area contributed by atoms with Crippen LogP contribution in [-0.4, -0.2) is 48.2 Å². The van der Waals surface area contributed by atoms with Crippen LogP contribution in [0.4, 0.5) is 0 Å². The Morgan fingerprint density at radius 2 is 2.32 bits per heavy atom. The molecule has 0 bridgehead atoms. The van der Waals surface area contributed by atoms with Crippen LogP contribution in [0.5, 0.6) is 0 Å². The second-order valence-corrected chi connectivity index (χ2v) is 6.17. The van der Waals surface area contributed by atoms with E-state index in [2.05, 4.69) is 15.6 Å². The number of nitrogens with one attached hydrogen (secondary N) is 2. The molecule has 2 aliphatic rings. The van der Waals surface area contributed by atoms with E-state index in [1.54, 1.807) is 11.8 Å². The van der Waals surface area contributed by atoms with Crippen LogP contribution in [0.25, 0.3) is 0 Å². The van der Waals surface area contributed by atoms with Crippen LogP contribution >= 0.6 is 11.8 Å². The molecular weight excluding hydrogens is 262 g/mol. The Bertz CT molecular complexity index is 354. The van der Waals surface area contributed by atoms with E-state index in [4.69, 9.17) is 4.74 Å². The lowest BCUT2D eigenvalue weighted by molar-refractivity contribution is -0.121. The highest BCUT2D eigenvalue weighted by Gasteiger charge is 2.38. The van der Waals surface area contributed by atoms with Crippen LogP contribution in [-0.2, 0) is 9.53 Å². The van der Waals surface area contributed by atoms with Gasteiger partial charge >= 0.3 is 0 Å². The molecule has 19 heavy (non-hydrogen) atoms. The first-order chi connectivity index (χ1) is 9.15. The number of ether oxygens (including phenoxy) is 1. The van der Waals surface area contributed by atoms with Crippen LogP contribution < -0.4 is 10.6 Å². The van der Waals surface area contributed by atoms with Gasteiger partial charge in [0.25, 0.3) is 0 Å². The first-order valence-electron chi connectivity index (χ1n) is 6.99. The maximum absolute atomic E-state index is 11.8. The quantitative estimate of drug-likeness (QED) is 0.813. The first-order valence-corrected chi connectivity index (χ1v) is 7.98. The molecule has 2 saturated heterocycles. The molecule has 5 nitrogen and oxygen atoms in total. The van der Waals surface area contributed by atoms with Crippen molar-refractivity contribution in [2.45, 2.75) is 44.7 Å². The molecule has 1 atom stereocenters. The van der Waals surface area contributed by atoms with Crippen molar-refractivity contribution in [2.75, 3.05) is 25.5 Å². The smallest absolute Gasteiger partial charge is 0.244 e. The zero-order chi connectivity index (χ0) is 13.7. The third kappa shape index (κ3) is 3.86. The summed E-state index contributed by atoms with van der Waals surface area (Å²) in [5, 5.41) is 7.28. The Hall–Kier alpha value is -0.750. The summed E-state index contributed by atoms with van der Waals surface area (Å²) in [7, 11) is 0. The molecule has 6 heteroatoms. The Labute approximate surface area is 119 Å². The van der Waals surface area contributed by atoms with Crippen LogP contribution in [0.3, 0.4) is 0 Å². The van der Waals surface area contributed by atoms with Gasteiger partial charge in [-0.1, -0.05) is 18.7 Å². The number of hydrogen-bond donors (Lipinski definition) is 2. The summed E-state index contributed by atoms with van der Waals surface area (Å²) in [5.74, 6) is 1.03. The maximum atomic E-state index is 11.8. The summed E-state index contributed by atoms with van der Waals surface area (Å²) in [6, 6.07) is -0.323. The van der Waals surface area contributed by atoms with Gasteiger partial charge in [0.15, 0.2) is 5.17 Å². The third-order valence-electron chi connectivity index (χ3n) is 3.55. The normalized spacial score (nSPS) is 25.3. The van der Waals surface area contributed by atoms with Crippen molar-refractivity contribution in [3.63, 3.8) is 0 Å². The summed E-state index contributed by atoms with van der Waals surface area (Å²) in [6.07, 6.45) is 3.00. The average Bonchev–Trinajstić information content (AvgIpc) is 2.79. The van der Waals surface area contributed by atoms with Gasteiger partial charge in [-0.15, -0.1) is 0 Å². The van der Waals surface area contributed by atoms with E-state index < -0.39 is 0 Å². The highest BCUT2D eigenvalue weighted by Crippen LogP contribution is 2.31. The predicted octanol–water partition coefficient (Wildman–Crippen LogP) is 1.14. The van der Waals surface area contributed by atoms with Gasteiger partial charge < -0.3 is 15.4 Å². The summed E-state index contributed by atoms with van der Waals surface area (Å²) in [6.45, 7) is 6.23. The SMILES string of the molecule is CCCNC(=O)C(C)N=C1NC2(CCOCC2)CS1. The van der Waals surface area contributed by atoms with Crippen molar-refractivity contribution in [1.29, 1.82) is 0 Å². The van der Waals surface area contributed by atoms with Gasteiger partial charge in [-0.3, -0.25) is 4.79 Å². The Kier molecular flexibility index (Phi) is 5.10. The van der Waals surface area contributed by atoms with Crippen LogP contribution in [0, 0.1) is 0 Å². The monoisotopic (exact) mass is 285 g/mol. The van der Waals surface area contributed by atoms with Gasteiger partial charge in [0.05, 0.1) is 5.54 Å². The standard InChI is InChI=1S/C13H23N3O2S/c1-3-6-14-11(17)10(2)15-12-16-13(9-19-12)4-7-18-8-5-13/h10H,3-9H2,1-2H3,(H,14,17)(H,15,16). The Morgan fingerprint density at radius 1 is 1.58 bits per heavy atom. The van der Waals surface area contributed by atoms with Gasteiger partial charge in [-0.2, -0.15) is 0 Å². The predicted molar refractivity (Wildman–Crippen MR) is 78.6 cm³/mol. The number of thioether (sulfide) groups is 1. The number of aliphatic imine (C=N–C) groups is 1. The molecule has 2 N–H and O–H groups in total. The van der Waals surface area contributed by atoms with Crippen molar-refractivity contribution in [2.24, 2.45) is 4.99 Å². The molecule has 1 unspecified atom stereocenters. The molecule has 0 aromatic heterocycles. The summed E-state index contributed by atoms with van der Waals surface area (Å²) in [4.78, 5) is 16.3. The van der Waals surface area contributed by atoms with E-state index in [1.807, 2.05) is 13.8 Å². The maximum Gasteiger partial charge on any atom is 0.244 e. The highest BCUT2D eigenvalue weighted by molar-refractivity contribution is 8.14. The van der Waals surface area contributed by atoms with Crippen molar-refractivity contribution in [1.82, 2.24) is 10.6 Å². The number of rotatable bonds is 4. The van der Waals surface area contributed by atoms with Crippen LogP contribution in [0.15, 0.2) is 4.99 Å². The van der Waals surface area contributed by atoms with Crippen LogP contribution in [0.2, 0.25) is 0 Å². The first kappa shape index (κ1) is 14.7. The van der Waals surface area contributed by atoms with Crippen molar-refractivity contribution in [3.05, 3.63) is 0 Å². The molecule has 2 fully saturated rings. The fourth-order valence-corrected chi connectivity index (χ4v) is 3.53. The molecule has 0 radical (unpaired) electrons. The number of hydrogen-bond acceptors (Lipinski definition) is 4. The second-order valence-electron chi connectivity index (χ2n) is 5.21. The number of amidine groups is 1. The van der Waals surface area contributed by atoms with E-state index in [9.17, 15) is 4.79 Å². The zero-order valence-electron chi connectivity index (χ0n) is 11.7. The van der Waals surface area contributed by atoms with E-state index in [-0.39, 0.29) is 17.5 Å². The largest absolute Gasteiger partial charge is 0.381 e. The lowest BCUT2D eigenvalue weighted by atomic mass is 9.93. The molecule has 1 spiro atoms.